The zero-order valence-corrected chi connectivity index (χ0v) is 17.5. The largest absolute Gasteiger partial charge is 0.497 e. The van der Waals surface area contributed by atoms with Crippen molar-refractivity contribution in [1.29, 1.82) is 0 Å². The normalized spacial score (nSPS) is 11.0. The Morgan fingerprint density at radius 2 is 2.12 bits per heavy atom. The lowest BCUT2D eigenvalue weighted by molar-refractivity contribution is 0.415. The molecule has 0 spiro atoms. The highest BCUT2D eigenvalue weighted by atomic mass is 127. The summed E-state index contributed by atoms with van der Waals surface area (Å²) in [4.78, 5) is 10.0. The molecule has 2 aromatic heterocycles. The van der Waals surface area contributed by atoms with E-state index < -0.39 is 0 Å². The molecule has 1 aromatic carbocycles. The molecule has 0 saturated heterocycles. The van der Waals surface area contributed by atoms with Gasteiger partial charge >= 0.3 is 0 Å². The second-order valence-corrected chi connectivity index (χ2v) is 6.32. The molecule has 9 heteroatoms. The van der Waals surface area contributed by atoms with E-state index in [-0.39, 0.29) is 24.0 Å². The second kappa shape index (κ2) is 10.1. The number of rotatable bonds is 7. The Kier molecular flexibility index (Phi) is 7.85. The van der Waals surface area contributed by atoms with Gasteiger partial charge in [0, 0.05) is 17.0 Å². The number of methoxy groups -OCH3 is 1. The van der Waals surface area contributed by atoms with Crippen molar-refractivity contribution in [3.8, 4) is 17.1 Å². The molecule has 26 heavy (non-hydrogen) atoms. The molecule has 138 valence electrons. The second-order valence-electron chi connectivity index (χ2n) is 5.29. The van der Waals surface area contributed by atoms with Crippen LogP contribution in [0.1, 0.15) is 10.7 Å². The van der Waals surface area contributed by atoms with Crippen molar-refractivity contribution in [3.63, 3.8) is 0 Å². The maximum atomic E-state index is 5.88. The predicted octanol–water partition coefficient (Wildman–Crippen LogP) is 2.81. The van der Waals surface area contributed by atoms with Crippen LogP contribution in [0, 0.1) is 0 Å². The van der Waals surface area contributed by atoms with Gasteiger partial charge < -0.3 is 15.8 Å². The summed E-state index contributed by atoms with van der Waals surface area (Å²) in [5, 5.41) is 12.3. The SMILES string of the molecule is COc1ccc(-c2n[nH]c(CN=C(N)NCCc3cccs3)n2)cc1.I. The Morgan fingerprint density at radius 1 is 1.31 bits per heavy atom. The Morgan fingerprint density at radius 3 is 2.81 bits per heavy atom. The van der Waals surface area contributed by atoms with Gasteiger partial charge in [0.25, 0.3) is 0 Å². The summed E-state index contributed by atoms with van der Waals surface area (Å²) in [5.41, 5.74) is 6.79. The number of guanidine groups is 1. The van der Waals surface area contributed by atoms with Gasteiger partial charge in [-0.3, -0.25) is 5.10 Å². The average Bonchev–Trinajstić information content (AvgIpc) is 3.32. The molecule has 0 aliphatic carbocycles. The zero-order valence-electron chi connectivity index (χ0n) is 14.3. The monoisotopic (exact) mass is 484 g/mol. The summed E-state index contributed by atoms with van der Waals surface area (Å²) in [6.45, 7) is 1.10. The minimum atomic E-state index is 0. The van der Waals surface area contributed by atoms with Crippen LogP contribution in [-0.4, -0.2) is 34.8 Å². The lowest BCUT2D eigenvalue weighted by atomic mass is 10.2. The third kappa shape index (κ3) is 5.70. The van der Waals surface area contributed by atoms with Gasteiger partial charge in [-0.1, -0.05) is 6.07 Å². The van der Waals surface area contributed by atoms with Crippen molar-refractivity contribution < 1.29 is 4.74 Å². The number of aliphatic imine (C=N–C) groups is 1. The van der Waals surface area contributed by atoms with Crippen molar-refractivity contribution in [2.75, 3.05) is 13.7 Å². The van der Waals surface area contributed by atoms with E-state index in [0.29, 0.717) is 24.2 Å². The van der Waals surface area contributed by atoms with Crippen LogP contribution in [0.5, 0.6) is 5.75 Å². The van der Waals surface area contributed by atoms with Crippen LogP contribution < -0.4 is 15.8 Å². The number of thiophene rings is 1. The number of nitrogens with zero attached hydrogens (tertiary/aromatic N) is 3. The summed E-state index contributed by atoms with van der Waals surface area (Å²) in [6, 6.07) is 11.7. The van der Waals surface area contributed by atoms with E-state index in [9.17, 15) is 0 Å². The van der Waals surface area contributed by atoms with E-state index in [1.807, 2.05) is 30.3 Å². The van der Waals surface area contributed by atoms with Crippen LogP contribution in [0.3, 0.4) is 0 Å². The van der Waals surface area contributed by atoms with E-state index in [0.717, 1.165) is 24.3 Å². The summed E-state index contributed by atoms with van der Waals surface area (Å²) in [5.74, 6) is 2.48. The molecular formula is C17H21IN6OS. The van der Waals surface area contributed by atoms with Crippen molar-refractivity contribution in [1.82, 2.24) is 20.5 Å². The lowest BCUT2D eigenvalue weighted by Gasteiger charge is -2.03. The first kappa shape index (κ1) is 20.2. The van der Waals surface area contributed by atoms with Gasteiger partial charge in [0.05, 0.1) is 7.11 Å². The predicted molar refractivity (Wildman–Crippen MR) is 115 cm³/mol. The Hall–Kier alpha value is -2.14. The smallest absolute Gasteiger partial charge is 0.189 e. The van der Waals surface area contributed by atoms with Crippen LogP contribution in [0.4, 0.5) is 0 Å². The van der Waals surface area contributed by atoms with Gasteiger partial charge in [-0.05, 0) is 42.1 Å². The standard InChI is InChI=1S/C17H20N6OS.HI/c1-24-13-6-4-12(5-7-13)16-21-15(22-23-16)11-20-17(18)19-9-8-14-3-2-10-25-14;/h2-7,10H,8-9,11H2,1H3,(H3,18,19,20)(H,21,22,23);1H. The number of aromatic nitrogens is 3. The number of H-pyrrole nitrogens is 1. The van der Waals surface area contributed by atoms with Crippen LogP contribution >= 0.6 is 35.3 Å². The molecule has 0 radical (unpaired) electrons. The summed E-state index contributed by atoms with van der Waals surface area (Å²) < 4.78 is 5.14. The fourth-order valence-corrected chi connectivity index (χ4v) is 2.93. The first-order valence-corrected chi connectivity index (χ1v) is 8.74. The topological polar surface area (TPSA) is 101 Å². The van der Waals surface area contributed by atoms with Crippen LogP contribution in [0.15, 0.2) is 46.8 Å². The number of nitrogens with two attached hydrogens (primary N) is 1. The fraction of sp³-hybridized carbons (Fsp3) is 0.235. The van der Waals surface area contributed by atoms with Gasteiger partial charge in [-0.15, -0.1) is 35.3 Å². The van der Waals surface area contributed by atoms with Gasteiger partial charge in [0.2, 0.25) is 0 Å². The summed E-state index contributed by atoms with van der Waals surface area (Å²) >= 11 is 1.74. The molecule has 7 nitrogen and oxygen atoms in total. The molecule has 3 rings (SSSR count). The van der Waals surface area contributed by atoms with Crippen LogP contribution in [0.25, 0.3) is 11.4 Å². The highest BCUT2D eigenvalue weighted by molar-refractivity contribution is 14.0. The minimum absolute atomic E-state index is 0. The Labute approximate surface area is 173 Å². The summed E-state index contributed by atoms with van der Waals surface area (Å²) in [7, 11) is 1.64. The van der Waals surface area contributed by atoms with Gasteiger partial charge in [0.1, 0.15) is 18.1 Å². The zero-order chi connectivity index (χ0) is 17.5. The molecule has 0 fully saturated rings. The molecular weight excluding hydrogens is 463 g/mol. The Bertz CT molecular complexity index is 816. The van der Waals surface area contributed by atoms with Crippen LogP contribution in [0.2, 0.25) is 0 Å². The number of hydrogen-bond donors (Lipinski definition) is 3. The molecule has 4 N–H and O–H groups in total. The lowest BCUT2D eigenvalue weighted by Crippen LogP contribution is -2.33. The quantitative estimate of drug-likeness (QED) is 0.272. The molecule has 0 aliphatic heterocycles. The van der Waals surface area contributed by atoms with Gasteiger partial charge in [-0.2, -0.15) is 5.10 Å². The molecule has 0 saturated carbocycles. The third-order valence-corrected chi connectivity index (χ3v) is 4.47. The maximum Gasteiger partial charge on any atom is 0.189 e. The number of aromatic amines is 1. The number of hydrogen-bond acceptors (Lipinski definition) is 5. The minimum Gasteiger partial charge on any atom is -0.497 e. The van der Waals surface area contributed by atoms with Crippen LogP contribution in [-0.2, 0) is 13.0 Å². The fourth-order valence-electron chi connectivity index (χ4n) is 2.22. The average molecular weight is 484 g/mol. The van der Waals surface area contributed by atoms with E-state index in [1.54, 1.807) is 18.4 Å². The highest BCUT2D eigenvalue weighted by Crippen LogP contribution is 2.18. The van der Waals surface area contributed by atoms with E-state index in [4.69, 9.17) is 10.5 Å². The number of halogens is 1. The van der Waals surface area contributed by atoms with Crippen molar-refractivity contribution in [3.05, 3.63) is 52.5 Å². The maximum absolute atomic E-state index is 5.88. The number of nitrogens with one attached hydrogen (secondary N) is 2. The molecule has 2 heterocycles. The van der Waals surface area contributed by atoms with Crippen molar-refractivity contribution >= 4 is 41.3 Å². The third-order valence-electron chi connectivity index (χ3n) is 3.54. The van der Waals surface area contributed by atoms with E-state index in [2.05, 4.69) is 36.9 Å². The van der Waals surface area contributed by atoms with E-state index in [1.165, 1.54) is 4.88 Å². The highest BCUT2D eigenvalue weighted by Gasteiger charge is 2.06. The molecule has 3 aromatic rings. The Balaban J connectivity index is 0.00000243. The van der Waals surface area contributed by atoms with Crippen molar-refractivity contribution in [2.24, 2.45) is 10.7 Å². The van der Waals surface area contributed by atoms with E-state index >= 15 is 0 Å². The first-order valence-electron chi connectivity index (χ1n) is 7.86. The van der Waals surface area contributed by atoms with Gasteiger partial charge in [-0.25, -0.2) is 9.98 Å². The van der Waals surface area contributed by atoms with Crippen molar-refractivity contribution in [2.45, 2.75) is 13.0 Å². The number of benzene rings is 1. The molecule has 0 unspecified atom stereocenters. The molecule has 0 atom stereocenters. The molecule has 0 bridgehead atoms. The van der Waals surface area contributed by atoms with Gasteiger partial charge in [0.15, 0.2) is 11.8 Å². The first-order chi connectivity index (χ1) is 12.2. The molecule has 0 aliphatic rings. The summed E-state index contributed by atoms with van der Waals surface area (Å²) in [6.07, 6.45) is 0.928. The number of ether oxygens (including phenoxy) is 1. The molecule has 0 amide bonds.